The molecule has 0 radical (unpaired) electrons. The van der Waals surface area contributed by atoms with E-state index in [1.54, 1.807) is 22.8 Å². The first-order valence-electron chi connectivity index (χ1n) is 8.66. The second kappa shape index (κ2) is 8.83. The van der Waals surface area contributed by atoms with Gasteiger partial charge in [-0.15, -0.1) is 11.8 Å². The van der Waals surface area contributed by atoms with Gasteiger partial charge < -0.3 is 5.32 Å². The Morgan fingerprint density at radius 1 is 1.22 bits per heavy atom. The van der Waals surface area contributed by atoms with Crippen molar-refractivity contribution in [2.24, 2.45) is 0 Å². The molecule has 0 aliphatic rings. The monoisotopic (exact) mass is 381 g/mol. The molecule has 0 fully saturated rings. The van der Waals surface area contributed by atoms with Gasteiger partial charge >= 0.3 is 0 Å². The Hall–Kier alpha value is -2.64. The molecule has 1 amide bonds. The minimum Gasteiger partial charge on any atom is -0.324 e. The van der Waals surface area contributed by atoms with Crippen molar-refractivity contribution in [3.05, 3.63) is 66.7 Å². The number of nitrogens with one attached hydrogen (secondary N) is 1. The third-order valence-corrected chi connectivity index (χ3v) is 5.29. The summed E-state index contributed by atoms with van der Waals surface area (Å²) in [5, 5.41) is 7.14. The van der Waals surface area contributed by atoms with E-state index in [1.165, 1.54) is 6.33 Å². The van der Waals surface area contributed by atoms with Crippen molar-refractivity contribution in [1.82, 2.24) is 19.7 Å². The fourth-order valence-corrected chi connectivity index (χ4v) is 3.36. The van der Waals surface area contributed by atoms with E-state index in [2.05, 4.69) is 34.5 Å². The van der Waals surface area contributed by atoms with Gasteiger partial charge in [0.1, 0.15) is 12.7 Å². The zero-order valence-corrected chi connectivity index (χ0v) is 16.5. The van der Waals surface area contributed by atoms with Crippen LogP contribution in [0, 0.1) is 0 Å². The summed E-state index contributed by atoms with van der Waals surface area (Å²) < 4.78 is 1.72. The number of rotatable bonds is 7. The Labute approximate surface area is 163 Å². The molecular weight excluding hydrogens is 358 g/mol. The van der Waals surface area contributed by atoms with E-state index in [9.17, 15) is 4.79 Å². The maximum absolute atomic E-state index is 12.5. The van der Waals surface area contributed by atoms with Crippen molar-refractivity contribution in [3.8, 4) is 5.69 Å². The van der Waals surface area contributed by atoms with Crippen molar-refractivity contribution in [2.45, 2.75) is 17.9 Å². The van der Waals surface area contributed by atoms with Crippen LogP contribution in [0.4, 0.5) is 5.69 Å². The van der Waals surface area contributed by atoms with Crippen LogP contribution in [0.15, 0.2) is 66.1 Å². The molecule has 0 aliphatic carbocycles. The number of likely N-dealkylation sites (N-methyl/N-ethyl adjacent to an activating group) is 1. The van der Waals surface area contributed by atoms with Gasteiger partial charge in [0, 0.05) is 10.9 Å². The minimum atomic E-state index is -0.0231. The Morgan fingerprint density at radius 3 is 2.63 bits per heavy atom. The maximum Gasteiger partial charge on any atom is 0.238 e. The number of carbonyl (C=O) groups excluding carboxylic acids is 1. The molecule has 1 heterocycles. The molecule has 2 aromatic carbocycles. The molecule has 27 heavy (non-hydrogen) atoms. The zero-order chi connectivity index (χ0) is 19.2. The topological polar surface area (TPSA) is 63.1 Å². The molecule has 0 unspecified atom stereocenters. The Balaban J connectivity index is 1.61. The fourth-order valence-electron chi connectivity index (χ4n) is 2.80. The lowest BCUT2D eigenvalue weighted by Gasteiger charge is -2.25. The smallest absolute Gasteiger partial charge is 0.238 e. The fraction of sp³-hybridized carbons (Fsp3) is 0.250. The molecule has 7 heteroatoms. The molecule has 0 aliphatic heterocycles. The number of thioether (sulfide) groups is 1. The van der Waals surface area contributed by atoms with Crippen molar-refractivity contribution in [2.75, 3.05) is 25.2 Å². The number of hydrogen-bond acceptors (Lipinski definition) is 5. The van der Waals surface area contributed by atoms with E-state index in [0.29, 0.717) is 6.54 Å². The maximum atomic E-state index is 12.5. The highest BCUT2D eigenvalue weighted by Gasteiger charge is 2.16. The van der Waals surface area contributed by atoms with E-state index < -0.39 is 0 Å². The molecule has 3 aromatic rings. The summed E-state index contributed by atoms with van der Waals surface area (Å²) in [4.78, 5) is 19.5. The predicted molar refractivity (Wildman–Crippen MR) is 109 cm³/mol. The number of carbonyl (C=O) groups is 1. The highest BCUT2D eigenvalue weighted by Crippen LogP contribution is 2.25. The molecule has 1 N–H and O–H groups in total. The number of anilines is 1. The Bertz CT molecular complexity index is 880. The normalized spacial score (nSPS) is 12.1. The van der Waals surface area contributed by atoms with Crippen LogP contribution >= 0.6 is 11.8 Å². The number of hydrogen-bond donors (Lipinski definition) is 1. The van der Waals surface area contributed by atoms with Gasteiger partial charge in [-0.3, -0.25) is 9.69 Å². The average molecular weight is 382 g/mol. The molecular formula is C20H23N5OS. The summed E-state index contributed by atoms with van der Waals surface area (Å²) in [7, 11) is 1.95. The van der Waals surface area contributed by atoms with Gasteiger partial charge in [0.15, 0.2) is 0 Å². The highest BCUT2D eigenvalue weighted by molar-refractivity contribution is 7.98. The van der Waals surface area contributed by atoms with Crippen molar-refractivity contribution < 1.29 is 4.79 Å². The van der Waals surface area contributed by atoms with Gasteiger partial charge in [0.2, 0.25) is 5.91 Å². The van der Waals surface area contributed by atoms with E-state index in [1.807, 2.05) is 54.6 Å². The van der Waals surface area contributed by atoms with Crippen LogP contribution in [0.3, 0.4) is 0 Å². The third kappa shape index (κ3) is 4.75. The van der Waals surface area contributed by atoms with Gasteiger partial charge in [-0.1, -0.05) is 24.3 Å². The first-order chi connectivity index (χ1) is 13.1. The van der Waals surface area contributed by atoms with Crippen LogP contribution in [-0.2, 0) is 4.79 Å². The summed E-state index contributed by atoms with van der Waals surface area (Å²) in [5.74, 6) is -0.0231. The van der Waals surface area contributed by atoms with E-state index in [0.717, 1.165) is 21.8 Å². The zero-order valence-electron chi connectivity index (χ0n) is 15.7. The lowest BCUT2D eigenvalue weighted by atomic mass is 10.1. The van der Waals surface area contributed by atoms with Crippen molar-refractivity contribution in [3.63, 3.8) is 0 Å². The van der Waals surface area contributed by atoms with Crippen molar-refractivity contribution in [1.29, 1.82) is 0 Å². The molecule has 0 bridgehead atoms. The Kier molecular flexibility index (Phi) is 6.26. The van der Waals surface area contributed by atoms with Gasteiger partial charge in [0.25, 0.3) is 0 Å². The molecule has 1 aromatic heterocycles. The predicted octanol–water partition coefficient (Wildman–Crippen LogP) is 3.62. The van der Waals surface area contributed by atoms with Crippen molar-refractivity contribution >= 4 is 23.4 Å². The van der Waals surface area contributed by atoms with Gasteiger partial charge in [-0.2, -0.15) is 5.10 Å². The summed E-state index contributed by atoms with van der Waals surface area (Å²) in [6, 6.07) is 16.1. The number of aromatic nitrogens is 3. The number of benzene rings is 2. The van der Waals surface area contributed by atoms with Crippen LogP contribution < -0.4 is 5.32 Å². The Morgan fingerprint density at radius 2 is 1.96 bits per heavy atom. The molecule has 3 rings (SSSR count). The second-order valence-electron chi connectivity index (χ2n) is 6.27. The quantitative estimate of drug-likeness (QED) is 0.633. The molecule has 0 spiro atoms. The molecule has 6 nitrogen and oxygen atoms in total. The van der Waals surface area contributed by atoms with Crippen LogP contribution in [0.2, 0.25) is 0 Å². The number of para-hydroxylation sites is 1. The first-order valence-corrected chi connectivity index (χ1v) is 9.89. The highest BCUT2D eigenvalue weighted by atomic mass is 32.2. The molecule has 0 saturated heterocycles. The standard InChI is InChI=1S/C20H23N5OS/c1-15(16-8-10-17(11-9-16)25-14-21-13-22-25)24(2)12-20(26)23-18-6-4-5-7-19(18)27-3/h4-11,13-15H,12H2,1-3H3,(H,23,26)/t15-/m0/s1. The first kappa shape index (κ1) is 19.1. The minimum absolute atomic E-state index is 0.0231. The summed E-state index contributed by atoms with van der Waals surface area (Å²) >= 11 is 1.62. The van der Waals surface area contributed by atoms with E-state index in [-0.39, 0.29) is 11.9 Å². The largest absolute Gasteiger partial charge is 0.324 e. The van der Waals surface area contributed by atoms with Crippen LogP contribution in [0.5, 0.6) is 0 Å². The number of amides is 1. The SMILES string of the molecule is CSc1ccccc1NC(=O)CN(C)[C@@H](C)c1ccc(-n2cncn2)cc1. The van der Waals surface area contributed by atoms with Gasteiger partial charge in [-0.05, 0) is 50.1 Å². The van der Waals surface area contributed by atoms with E-state index in [4.69, 9.17) is 0 Å². The number of nitrogens with zero attached hydrogens (tertiary/aromatic N) is 4. The van der Waals surface area contributed by atoms with Gasteiger partial charge in [-0.25, -0.2) is 9.67 Å². The summed E-state index contributed by atoms with van der Waals surface area (Å²) in [6.07, 6.45) is 5.18. The van der Waals surface area contributed by atoms with Crippen LogP contribution in [0.1, 0.15) is 18.5 Å². The average Bonchev–Trinajstić information content (AvgIpc) is 3.22. The second-order valence-corrected chi connectivity index (χ2v) is 7.12. The van der Waals surface area contributed by atoms with Gasteiger partial charge in [0.05, 0.1) is 17.9 Å². The molecule has 0 saturated carbocycles. The molecule has 140 valence electrons. The third-order valence-electron chi connectivity index (χ3n) is 4.49. The summed E-state index contributed by atoms with van der Waals surface area (Å²) in [5.41, 5.74) is 2.95. The van der Waals surface area contributed by atoms with Crippen LogP contribution in [0.25, 0.3) is 5.69 Å². The molecule has 1 atom stereocenters. The summed E-state index contributed by atoms with van der Waals surface area (Å²) in [6.45, 7) is 2.41. The lowest BCUT2D eigenvalue weighted by molar-refractivity contribution is -0.117. The lowest BCUT2D eigenvalue weighted by Crippen LogP contribution is -2.32. The van der Waals surface area contributed by atoms with Crippen LogP contribution in [-0.4, -0.2) is 45.4 Å². The van der Waals surface area contributed by atoms with E-state index >= 15 is 0 Å².